The largest absolute Gasteiger partial charge is 0.299 e. The lowest BCUT2D eigenvalue weighted by molar-refractivity contribution is 0.0983. The van der Waals surface area contributed by atoms with Gasteiger partial charge in [0.05, 0.1) is 15.9 Å². The monoisotopic (exact) mass is 367 g/mol. The number of hydrogen-bond acceptors (Lipinski definition) is 5. The number of halogens is 1. The number of carbonyl (C=O) groups excluding carboxylic acids is 1. The molecule has 0 atom stereocenters. The van der Waals surface area contributed by atoms with Crippen LogP contribution in [0.5, 0.6) is 0 Å². The number of rotatable bonds is 3. The van der Waals surface area contributed by atoms with E-state index in [9.17, 15) is 9.18 Å². The van der Waals surface area contributed by atoms with Gasteiger partial charge in [-0.25, -0.2) is 19.0 Å². The predicted molar refractivity (Wildman–Crippen MR) is 98.4 cm³/mol. The Labute approximate surface area is 152 Å². The highest BCUT2D eigenvalue weighted by atomic mass is 32.1. The highest BCUT2D eigenvalue weighted by Crippen LogP contribution is 2.28. The van der Waals surface area contributed by atoms with Crippen LogP contribution in [-0.2, 0) is 0 Å². The third-order valence-electron chi connectivity index (χ3n) is 3.91. The normalized spacial score (nSPS) is 11.0. The van der Waals surface area contributed by atoms with Gasteiger partial charge in [-0.1, -0.05) is 23.5 Å². The summed E-state index contributed by atoms with van der Waals surface area (Å²) in [6.45, 7) is 1.74. The fourth-order valence-corrected chi connectivity index (χ4v) is 3.47. The van der Waals surface area contributed by atoms with Gasteiger partial charge in [-0.2, -0.15) is 0 Å². The van der Waals surface area contributed by atoms with Crippen LogP contribution >= 0.6 is 11.3 Å². The summed E-state index contributed by atoms with van der Waals surface area (Å²) >= 11 is 1.43. The second-order valence-corrected chi connectivity index (χ2v) is 6.71. The van der Waals surface area contributed by atoms with Gasteiger partial charge < -0.3 is 0 Å². The Morgan fingerprint density at radius 2 is 1.85 bits per heavy atom. The first-order valence-electron chi connectivity index (χ1n) is 7.86. The Kier molecular flexibility index (Phi) is 3.96. The molecule has 0 fully saturated rings. The molecular weight excluding hydrogens is 353 g/mol. The summed E-state index contributed by atoms with van der Waals surface area (Å²) in [5, 5.41) is 4.85. The van der Waals surface area contributed by atoms with Crippen molar-refractivity contribution in [3.05, 3.63) is 66.0 Å². The minimum atomic E-state index is -0.354. The van der Waals surface area contributed by atoms with Crippen LogP contribution in [0.2, 0.25) is 0 Å². The van der Waals surface area contributed by atoms with Crippen molar-refractivity contribution in [3.63, 3.8) is 0 Å². The second kappa shape index (κ2) is 6.30. The maximum absolute atomic E-state index is 13.1. The molecule has 0 bridgehead atoms. The molecule has 4 rings (SSSR count). The Morgan fingerprint density at radius 3 is 2.58 bits per heavy atom. The molecule has 6 nitrogen and oxygen atoms in total. The molecule has 0 unspecified atom stereocenters. The Bertz CT molecular complexity index is 1070. The number of carbonyl (C=O) groups is 1. The van der Waals surface area contributed by atoms with Gasteiger partial charge in [-0.05, 0) is 43.3 Å². The van der Waals surface area contributed by atoms with Gasteiger partial charge in [0.1, 0.15) is 11.6 Å². The number of anilines is 1. The van der Waals surface area contributed by atoms with Crippen LogP contribution in [0.25, 0.3) is 15.9 Å². The van der Waals surface area contributed by atoms with E-state index in [2.05, 4.69) is 15.1 Å². The summed E-state index contributed by atoms with van der Waals surface area (Å²) in [5.74, 6) is -0.0855. The van der Waals surface area contributed by atoms with Crippen LogP contribution in [-0.4, -0.2) is 32.7 Å². The Hall–Kier alpha value is -3.13. The standard InChI is InChI=1S/C18H14FN5OS/c1-11-20-16(22-24(11)13-9-7-12(19)8-10-13)17(25)23(2)18-21-14-5-3-4-6-15(14)26-18/h3-10H,1-2H3. The fraction of sp³-hybridized carbons (Fsp3) is 0.111. The van der Waals surface area contributed by atoms with Crippen LogP contribution in [0.15, 0.2) is 48.5 Å². The highest BCUT2D eigenvalue weighted by molar-refractivity contribution is 7.22. The summed E-state index contributed by atoms with van der Waals surface area (Å²) in [4.78, 5) is 22.9. The number of nitrogens with zero attached hydrogens (tertiary/aromatic N) is 5. The van der Waals surface area contributed by atoms with E-state index in [1.54, 1.807) is 26.1 Å². The van der Waals surface area contributed by atoms with E-state index in [4.69, 9.17) is 0 Å². The van der Waals surface area contributed by atoms with E-state index >= 15 is 0 Å². The minimum Gasteiger partial charge on any atom is -0.284 e. The van der Waals surface area contributed by atoms with E-state index < -0.39 is 0 Å². The van der Waals surface area contributed by atoms with E-state index in [-0.39, 0.29) is 17.5 Å². The number of amides is 1. The van der Waals surface area contributed by atoms with Crippen molar-refractivity contribution in [1.29, 1.82) is 0 Å². The van der Waals surface area contributed by atoms with Gasteiger partial charge in [0.2, 0.25) is 5.82 Å². The quantitative estimate of drug-likeness (QED) is 0.555. The molecule has 0 N–H and O–H groups in total. The molecule has 0 spiro atoms. The zero-order chi connectivity index (χ0) is 18.3. The molecule has 0 saturated carbocycles. The number of benzene rings is 2. The molecule has 2 aromatic heterocycles. The van der Waals surface area contributed by atoms with Crippen molar-refractivity contribution in [2.45, 2.75) is 6.92 Å². The van der Waals surface area contributed by atoms with E-state index in [1.165, 1.54) is 33.1 Å². The lowest BCUT2D eigenvalue weighted by Crippen LogP contribution is -2.27. The first kappa shape index (κ1) is 16.3. The number of hydrogen-bond donors (Lipinski definition) is 0. The van der Waals surface area contributed by atoms with Crippen LogP contribution in [0.3, 0.4) is 0 Å². The van der Waals surface area contributed by atoms with E-state index in [0.29, 0.717) is 16.6 Å². The number of aryl methyl sites for hydroxylation is 1. The van der Waals surface area contributed by atoms with Gasteiger partial charge in [-0.15, -0.1) is 5.10 Å². The molecule has 4 aromatic rings. The van der Waals surface area contributed by atoms with Gasteiger partial charge >= 0.3 is 0 Å². The van der Waals surface area contributed by atoms with Crippen LogP contribution in [0.4, 0.5) is 9.52 Å². The van der Waals surface area contributed by atoms with Gasteiger partial charge in [0.15, 0.2) is 5.13 Å². The first-order chi connectivity index (χ1) is 12.5. The smallest absolute Gasteiger partial charge is 0.284 e. The van der Waals surface area contributed by atoms with Crippen molar-refractivity contribution in [2.75, 3.05) is 11.9 Å². The lowest BCUT2D eigenvalue weighted by atomic mass is 10.3. The molecule has 0 aliphatic heterocycles. The molecule has 130 valence electrons. The molecule has 1 amide bonds. The number of fused-ring (bicyclic) bond motifs is 1. The summed E-state index contributed by atoms with van der Waals surface area (Å²) < 4.78 is 15.6. The van der Waals surface area contributed by atoms with Gasteiger partial charge in [-0.3, -0.25) is 9.69 Å². The minimum absolute atomic E-state index is 0.0635. The summed E-state index contributed by atoms with van der Waals surface area (Å²) in [6, 6.07) is 13.5. The molecular formula is C18H14FN5OS. The number of thiazole rings is 1. The van der Waals surface area contributed by atoms with Crippen molar-refractivity contribution in [2.24, 2.45) is 0 Å². The summed E-state index contributed by atoms with van der Waals surface area (Å²) in [5.41, 5.74) is 1.48. The van der Waals surface area contributed by atoms with Crippen LogP contribution in [0.1, 0.15) is 16.4 Å². The number of aromatic nitrogens is 4. The molecule has 0 radical (unpaired) electrons. The molecule has 2 aromatic carbocycles. The van der Waals surface area contributed by atoms with Gasteiger partial charge in [0, 0.05) is 7.05 Å². The zero-order valence-electron chi connectivity index (χ0n) is 14.0. The predicted octanol–water partition coefficient (Wildman–Crippen LogP) is 3.60. The highest BCUT2D eigenvalue weighted by Gasteiger charge is 2.22. The third kappa shape index (κ3) is 2.84. The SMILES string of the molecule is Cc1nc(C(=O)N(C)c2nc3ccccc3s2)nn1-c1ccc(F)cc1. The summed E-state index contributed by atoms with van der Waals surface area (Å²) in [7, 11) is 1.65. The average Bonchev–Trinajstić information content (AvgIpc) is 3.25. The van der Waals surface area contributed by atoms with Crippen molar-refractivity contribution < 1.29 is 9.18 Å². The topological polar surface area (TPSA) is 63.9 Å². The number of para-hydroxylation sites is 1. The van der Waals surface area contributed by atoms with Crippen molar-refractivity contribution in [1.82, 2.24) is 19.7 Å². The van der Waals surface area contributed by atoms with Crippen LogP contribution in [0, 0.1) is 12.7 Å². The van der Waals surface area contributed by atoms with E-state index in [0.717, 1.165) is 10.2 Å². The second-order valence-electron chi connectivity index (χ2n) is 5.70. The molecule has 0 saturated heterocycles. The molecule has 0 aliphatic carbocycles. The fourth-order valence-electron chi connectivity index (χ4n) is 2.55. The third-order valence-corrected chi connectivity index (χ3v) is 5.02. The summed E-state index contributed by atoms with van der Waals surface area (Å²) in [6.07, 6.45) is 0. The average molecular weight is 367 g/mol. The molecule has 8 heteroatoms. The molecule has 2 heterocycles. The Morgan fingerprint density at radius 1 is 1.12 bits per heavy atom. The maximum atomic E-state index is 13.1. The van der Waals surface area contributed by atoms with Crippen molar-refractivity contribution >= 4 is 32.6 Å². The maximum Gasteiger partial charge on any atom is 0.299 e. The van der Waals surface area contributed by atoms with Gasteiger partial charge in [0.25, 0.3) is 5.91 Å². The first-order valence-corrected chi connectivity index (χ1v) is 8.68. The van der Waals surface area contributed by atoms with Crippen LogP contribution < -0.4 is 4.90 Å². The Balaban J connectivity index is 1.65. The molecule has 0 aliphatic rings. The van der Waals surface area contributed by atoms with E-state index in [1.807, 2.05) is 24.3 Å². The lowest BCUT2D eigenvalue weighted by Gasteiger charge is -2.10. The van der Waals surface area contributed by atoms with Crippen molar-refractivity contribution in [3.8, 4) is 5.69 Å². The molecule has 26 heavy (non-hydrogen) atoms. The zero-order valence-corrected chi connectivity index (χ0v) is 14.9.